The molecule has 2 aliphatic heterocycles. The van der Waals surface area contributed by atoms with Crippen LogP contribution in [0.2, 0.25) is 0 Å². The summed E-state index contributed by atoms with van der Waals surface area (Å²) < 4.78 is 2.37. The summed E-state index contributed by atoms with van der Waals surface area (Å²) in [5.74, 6) is 2.92. The molecule has 1 N–H and O–H groups in total. The molecule has 5 heterocycles. The third kappa shape index (κ3) is 2.33. The first-order valence-electron chi connectivity index (χ1n) is 8.93. The molecule has 1 atom stereocenters. The van der Waals surface area contributed by atoms with Gasteiger partial charge in [0.15, 0.2) is 0 Å². The number of likely N-dealkylation sites (tertiary alicyclic amines) is 1. The molecule has 2 aliphatic rings. The van der Waals surface area contributed by atoms with Crippen LogP contribution in [0.15, 0.2) is 24.7 Å². The molecule has 3 aromatic rings. The van der Waals surface area contributed by atoms with Crippen LogP contribution in [0.5, 0.6) is 0 Å². The Labute approximate surface area is 140 Å². The quantitative estimate of drug-likeness (QED) is 0.805. The Kier molecular flexibility index (Phi) is 3.36. The molecule has 1 fully saturated rings. The molecule has 24 heavy (non-hydrogen) atoms. The molecule has 0 amide bonds. The van der Waals surface area contributed by atoms with Crippen molar-refractivity contribution in [3.8, 4) is 0 Å². The Balaban J connectivity index is 1.36. The molecular formula is C18H22N6. The predicted molar refractivity (Wildman–Crippen MR) is 91.7 cm³/mol. The van der Waals surface area contributed by atoms with Crippen molar-refractivity contribution in [1.29, 1.82) is 0 Å². The number of nitrogens with one attached hydrogen (secondary N) is 1. The van der Waals surface area contributed by atoms with Crippen molar-refractivity contribution < 1.29 is 0 Å². The van der Waals surface area contributed by atoms with E-state index in [2.05, 4.69) is 41.9 Å². The number of aryl methyl sites for hydroxylation is 1. The van der Waals surface area contributed by atoms with E-state index in [1.165, 1.54) is 41.9 Å². The summed E-state index contributed by atoms with van der Waals surface area (Å²) in [6.45, 7) is 4.33. The highest BCUT2D eigenvalue weighted by Crippen LogP contribution is 2.30. The predicted octanol–water partition coefficient (Wildman–Crippen LogP) is 2.48. The molecular weight excluding hydrogens is 300 g/mol. The standard InChI is InChI=1S/C18H22N6/c1-3-13(18-22-21-17-4-2-8-24(17)18)11-23(7-1)12-14-9-20-16-10-19-6-5-15(14)16/h5-6,9-10,13,20H,1-4,7-8,11-12H2. The van der Waals surface area contributed by atoms with Gasteiger partial charge in [0.05, 0.1) is 11.7 Å². The molecule has 0 spiro atoms. The highest BCUT2D eigenvalue weighted by molar-refractivity contribution is 5.82. The fourth-order valence-electron chi connectivity index (χ4n) is 4.29. The maximum Gasteiger partial charge on any atom is 0.137 e. The average Bonchev–Trinajstić information content (AvgIpc) is 3.31. The third-order valence-corrected chi connectivity index (χ3v) is 5.47. The van der Waals surface area contributed by atoms with Crippen molar-refractivity contribution >= 4 is 10.9 Å². The Bertz CT molecular complexity index is 863. The fourth-order valence-corrected chi connectivity index (χ4v) is 4.29. The lowest BCUT2D eigenvalue weighted by Crippen LogP contribution is -2.34. The van der Waals surface area contributed by atoms with Gasteiger partial charge in [-0.3, -0.25) is 9.88 Å². The highest BCUT2D eigenvalue weighted by Gasteiger charge is 2.28. The molecule has 1 unspecified atom stereocenters. The van der Waals surface area contributed by atoms with Crippen LogP contribution in [-0.4, -0.2) is 42.7 Å². The minimum absolute atomic E-state index is 0.518. The van der Waals surface area contributed by atoms with Gasteiger partial charge < -0.3 is 9.55 Å². The number of piperidine rings is 1. The molecule has 6 nitrogen and oxygen atoms in total. The Morgan fingerprint density at radius 1 is 1.21 bits per heavy atom. The van der Waals surface area contributed by atoms with Crippen molar-refractivity contribution in [2.75, 3.05) is 13.1 Å². The largest absolute Gasteiger partial charge is 0.360 e. The molecule has 0 radical (unpaired) electrons. The van der Waals surface area contributed by atoms with E-state index in [1.807, 2.05) is 12.4 Å². The van der Waals surface area contributed by atoms with E-state index in [0.717, 1.165) is 38.1 Å². The van der Waals surface area contributed by atoms with E-state index in [0.29, 0.717) is 5.92 Å². The molecule has 124 valence electrons. The monoisotopic (exact) mass is 322 g/mol. The van der Waals surface area contributed by atoms with E-state index in [9.17, 15) is 0 Å². The Morgan fingerprint density at radius 2 is 2.21 bits per heavy atom. The topological polar surface area (TPSA) is 62.6 Å². The molecule has 6 heteroatoms. The number of hydrogen-bond acceptors (Lipinski definition) is 4. The molecule has 0 aromatic carbocycles. The van der Waals surface area contributed by atoms with Crippen molar-refractivity contribution in [3.63, 3.8) is 0 Å². The summed E-state index contributed by atoms with van der Waals surface area (Å²) >= 11 is 0. The van der Waals surface area contributed by atoms with Gasteiger partial charge in [0.2, 0.25) is 0 Å². The lowest BCUT2D eigenvalue weighted by Gasteiger charge is -2.32. The van der Waals surface area contributed by atoms with Gasteiger partial charge in [-0.05, 0) is 37.4 Å². The van der Waals surface area contributed by atoms with Crippen LogP contribution in [0.3, 0.4) is 0 Å². The summed E-state index contributed by atoms with van der Waals surface area (Å²) in [4.78, 5) is 10.1. The zero-order valence-corrected chi connectivity index (χ0v) is 13.8. The van der Waals surface area contributed by atoms with Crippen LogP contribution in [0.1, 0.15) is 42.4 Å². The zero-order chi connectivity index (χ0) is 15.9. The second kappa shape index (κ2) is 5.70. The maximum absolute atomic E-state index is 4.51. The first kappa shape index (κ1) is 14.2. The average molecular weight is 322 g/mol. The van der Waals surface area contributed by atoms with Gasteiger partial charge >= 0.3 is 0 Å². The molecule has 3 aromatic heterocycles. The molecule has 5 rings (SSSR count). The highest BCUT2D eigenvalue weighted by atomic mass is 15.3. The normalized spacial score (nSPS) is 21.4. The number of fused-ring (bicyclic) bond motifs is 2. The summed E-state index contributed by atoms with van der Waals surface area (Å²) in [6.07, 6.45) is 10.7. The molecule has 0 saturated carbocycles. The fraction of sp³-hybridized carbons (Fsp3) is 0.500. The lowest BCUT2D eigenvalue weighted by atomic mass is 9.96. The summed E-state index contributed by atoms with van der Waals surface area (Å²) in [5, 5.41) is 10.2. The second-order valence-electron chi connectivity index (χ2n) is 7.04. The van der Waals surface area contributed by atoms with Gasteiger partial charge in [-0.2, -0.15) is 0 Å². The van der Waals surface area contributed by atoms with Gasteiger partial charge in [-0.1, -0.05) is 0 Å². The van der Waals surface area contributed by atoms with Crippen LogP contribution in [0.4, 0.5) is 0 Å². The first-order valence-corrected chi connectivity index (χ1v) is 8.93. The van der Waals surface area contributed by atoms with Crippen molar-refractivity contribution in [1.82, 2.24) is 29.6 Å². The number of rotatable bonds is 3. The van der Waals surface area contributed by atoms with E-state index in [1.54, 1.807) is 0 Å². The number of hydrogen-bond donors (Lipinski definition) is 1. The Hall–Kier alpha value is -2.21. The summed E-state index contributed by atoms with van der Waals surface area (Å²) in [7, 11) is 0. The first-order chi connectivity index (χ1) is 11.9. The van der Waals surface area contributed by atoms with Crippen LogP contribution in [0.25, 0.3) is 10.9 Å². The Morgan fingerprint density at radius 3 is 3.21 bits per heavy atom. The van der Waals surface area contributed by atoms with Crippen LogP contribution in [0, 0.1) is 0 Å². The SMILES string of the molecule is c1cc2c(CN3CCCC(c4nnc5n4CCC5)C3)c[nH]c2cn1. The number of nitrogens with zero attached hydrogens (tertiary/aromatic N) is 5. The summed E-state index contributed by atoms with van der Waals surface area (Å²) in [5.41, 5.74) is 2.48. The number of aromatic nitrogens is 5. The molecule has 0 bridgehead atoms. The minimum Gasteiger partial charge on any atom is -0.360 e. The number of pyridine rings is 1. The van der Waals surface area contributed by atoms with E-state index >= 15 is 0 Å². The second-order valence-corrected chi connectivity index (χ2v) is 7.04. The van der Waals surface area contributed by atoms with Gasteiger partial charge in [0, 0.05) is 49.8 Å². The van der Waals surface area contributed by atoms with Crippen LogP contribution in [-0.2, 0) is 19.5 Å². The van der Waals surface area contributed by atoms with E-state index in [-0.39, 0.29) is 0 Å². The smallest absolute Gasteiger partial charge is 0.137 e. The van der Waals surface area contributed by atoms with Gasteiger partial charge in [-0.25, -0.2) is 0 Å². The van der Waals surface area contributed by atoms with Gasteiger partial charge in [-0.15, -0.1) is 10.2 Å². The third-order valence-electron chi connectivity index (χ3n) is 5.47. The summed E-state index contributed by atoms with van der Waals surface area (Å²) in [6, 6.07) is 2.11. The van der Waals surface area contributed by atoms with Gasteiger partial charge in [0.25, 0.3) is 0 Å². The maximum atomic E-state index is 4.51. The van der Waals surface area contributed by atoms with E-state index in [4.69, 9.17) is 0 Å². The van der Waals surface area contributed by atoms with Gasteiger partial charge in [0.1, 0.15) is 11.6 Å². The number of aromatic amines is 1. The van der Waals surface area contributed by atoms with Crippen molar-refractivity contribution in [3.05, 3.63) is 41.9 Å². The minimum atomic E-state index is 0.518. The molecule has 1 saturated heterocycles. The van der Waals surface area contributed by atoms with E-state index < -0.39 is 0 Å². The zero-order valence-electron chi connectivity index (χ0n) is 13.8. The molecule has 0 aliphatic carbocycles. The lowest BCUT2D eigenvalue weighted by molar-refractivity contribution is 0.195. The number of H-pyrrole nitrogens is 1. The van der Waals surface area contributed by atoms with Crippen LogP contribution < -0.4 is 0 Å². The van der Waals surface area contributed by atoms with Crippen molar-refractivity contribution in [2.24, 2.45) is 0 Å². The van der Waals surface area contributed by atoms with Crippen molar-refractivity contribution in [2.45, 2.75) is 44.7 Å². The van der Waals surface area contributed by atoms with Crippen LogP contribution >= 0.6 is 0 Å².